The summed E-state index contributed by atoms with van der Waals surface area (Å²) in [4.78, 5) is 24.7. The Bertz CT molecular complexity index is 585. The van der Waals surface area contributed by atoms with Gasteiger partial charge in [-0.25, -0.2) is 0 Å². The molecule has 0 aliphatic carbocycles. The molecule has 0 spiro atoms. The number of rotatable bonds is 2. The fraction of sp³-hybridized carbons (Fsp3) is 0.467. The van der Waals surface area contributed by atoms with Crippen molar-refractivity contribution in [1.82, 2.24) is 4.90 Å². The van der Waals surface area contributed by atoms with Gasteiger partial charge >= 0.3 is 5.97 Å². The normalized spacial score (nSPS) is 24.8. The van der Waals surface area contributed by atoms with Gasteiger partial charge in [-0.3, -0.25) is 9.59 Å². The van der Waals surface area contributed by atoms with Crippen LogP contribution in [0.1, 0.15) is 24.4 Å². The smallest absolute Gasteiger partial charge is 0.309 e. The summed E-state index contributed by atoms with van der Waals surface area (Å²) in [5.74, 6) is -0.562. The number of aliphatic carboxylic acids is 1. The van der Waals surface area contributed by atoms with E-state index in [9.17, 15) is 14.7 Å². The Balaban J connectivity index is 1.97. The van der Waals surface area contributed by atoms with Gasteiger partial charge in [-0.05, 0) is 17.7 Å². The molecule has 2 aliphatic heterocycles. The molecule has 1 aromatic carbocycles. The number of fused-ring (bicyclic) bond motifs is 1. The first-order valence-electron chi connectivity index (χ1n) is 6.96. The molecule has 0 saturated carbocycles. The second-order valence-electron chi connectivity index (χ2n) is 5.35. The molecule has 1 aromatic rings. The highest BCUT2D eigenvalue weighted by Crippen LogP contribution is 2.40. The van der Waals surface area contributed by atoms with Crippen molar-refractivity contribution in [1.29, 1.82) is 0 Å². The van der Waals surface area contributed by atoms with Crippen molar-refractivity contribution in [2.24, 2.45) is 5.92 Å². The molecule has 21 heavy (non-hydrogen) atoms. The summed E-state index contributed by atoms with van der Waals surface area (Å²) in [5, 5.41) is 9.33. The molecule has 1 fully saturated rings. The van der Waals surface area contributed by atoms with Gasteiger partial charge in [0, 0.05) is 19.9 Å². The lowest BCUT2D eigenvalue weighted by Gasteiger charge is -2.24. The van der Waals surface area contributed by atoms with Crippen LogP contribution in [0, 0.1) is 5.92 Å². The van der Waals surface area contributed by atoms with Crippen LogP contribution in [0.5, 0.6) is 11.5 Å². The Labute approximate surface area is 122 Å². The van der Waals surface area contributed by atoms with Gasteiger partial charge in [0.15, 0.2) is 11.5 Å². The van der Waals surface area contributed by atoms with Gasteiger partial charge in [0.05, 0.1) is 25.2 Å². The molecule has 1 saturated heterocycles. The van der Waals surface area contributed by atoms with Crippen molar-refractivity contribution in [2.45, 2.75) is 18.9 Å². The van der Waals surface area contributed by atoms with Gasteiger partial charge in [-0.2, -0.15) is 0 Å². The Morgan fingerprint density at radius 3 is 2.71 bits per heavy atom. The maximum Gasteiger partial charge on any atom is 0.309 e. The van der Waals surface area contributed by atoms with E-state index in [0.717, 1.165) is 12.0 Å². The molecular weight excluding hydrogens is 274 g/mol. The average Bonchev–Trinajstić information content (AvgIpc) is 2.65. The predicted molar refractivity (Wildman–Crippen MR) is 73.3 cm³/mol. The van der Waals surface area contributed by atoms with Crippen molar-refractivity contribution >= 4 is 11.9 Å². The molecule has 2 atom stereocenters. The number of hydrogen-bond acceptors (Lipinski definition) is 4. The molecule has 0 bridgehead atoms. The van der Waals surface area contributed by atoms with Crippen LogP contribution < -0.4 is 9.47 Å². The Kier molecular flexibility index (Phi) is 3.45. The lowest BCUT2D eigenvalue weighted by atomic mass is 9.93. The highest BCUT2D eigenvalue weighted by molar-refractivity contribution is 5.87. The number of carboxylic acid groups (broad SMARTS) is 1. The zero-order valence-electron chi connectivity index (χ0n) is 11.7. The van der Waals surface area contributed by atoms with Crippen LogP contribution in [-0.4, -0.2) is 42.1 Å². The number of carboxylic acids is 1. The van der Waals surface area contributed by atoms with Crippen molar-refractivity contribution in [3.05, 3.63) is 23.8 Å². The van der Waals surface area contributed by atoms with E-state index in [-0.39, 0.29) is 12.3 Å². The van der Waals surface area contributed by atoms with E-state index in [4.69, 9.17) is 9.47 Å². The highest BCUT2D eigenvalue weighted by atomic mass is 16.5. The molecule has 2 unspecified atom stereocenters. The van der Waals surface area contributed by atoms with E-state index >= 15 is 0 Å². The van der Waals surface area contributed by atoms with Crippen molar-refractivity contribution in [3.8, 4) is 11.5 Å². The molecule has 6 heteroatoms. The standard InChI is InChI=1S/C15H17NO5/c1-16-13(17)8-10(15(18)19)14(16)9-3-4-11-12(7-9)21-6-2-5-20-11/h3-4,7,10,14H,2,5-6,8H2,1H3,(H,18,19). The van der Waals surface area contributed by atoms with E-state index < -0.39 is 17.9 Å². The Morgan fingerprint density at radius 2 is 2.00 bits per heavy atom. The van der Waals surface area contributed by atoms with Crippen molar-refractivity contribution < 1.29 is 24.2 Å². The second-order valence-corrected chi connectivity index (χ2v) is 5.35. The lowest BCUT2D eigenvalue weighted by molar-refractivity contribution is -0.142. The third-order valence-corrected chi connectivity index (χ3v) is 4.02. The minimum Gasteiger partial charge on any atom is -0.490 e. The Hall–Kier alpha value is -2.24. The number of ether oxygens (including phenoxy) is 2. The largest absolute Gasteiger partial charge is 0.490 e. The average molecular weight is 291 g/mol. The summed E-state index contributed by atoms with van der Waals surface area (Å²) in [6.07, 6.45) is 0.842. The third-order valence-electron chi connectivity index (χ3n) is 4.02. The molecule has 6 nitrogen and oxygen atoms in total. The van der Waals surface area contributed by atoms with Crippen LogP contribution in [0.4, 0.5) is 0 Å². The van der Waals surface area contributed by atoms with Crippen LogP contribution >= 0.6 is 0 Å². The summed E-state index contributed by atoms with van der Waals surface area (Å²) in [6.45, 7) is 1.17. The quantitative estimate of drug-likeness (QED) is 0.892. The topological polar surface area (TPSA) is 76.1 Å². The van der Waals surface area contributed by atoms with Gasteiger partial charge in [0.1, 0.15) is 0 Å². The minimum atomic E-state index is -0.954. The van der Waals surface area contributed by atoms with Gasteiger partial charge in [-0.1, -0.05) is 6.07 Å². The molecular formula is C15H17NO5. The summed E-state index contributed by atoms with van der Waals surface area (Å²) in [5.41, 5.74) is 0.764. The maximum absolute atomic E-state index is 11.8. The van der Waals surface area contributed by atoms with Crippen LogP contribution in [0.3, 0.4) is 0 Å². The minimum absolute atomic E-state index is 0.0327. The van der Waals surface area contributed by atoms with E-state index in [1.807, 2.05) is 6.07 Å². The van der Waals surface area contributed by atoms with Crippen LogP contribution in [0.15, 0.2) is 18.2 Å². The lowest BCUT2D eigenvalue weighted by Crippen LogP contribution is -2.26. The fourth-order valence-corrected chi connectivity index (χ4v) is 2.91. The SMILES string of the molecule is CN1C(=O)CC(C(=O)O)C1c1ccc2c(c1)OCCCO2. The number of hydrogen-bond donors (Lipinski definition) is 1. The molecule has 112 valence electrons. The molecule has 2 aliphatic rings. The summed E-state index contributed by atoms with van der Waals surface area (Å²) in [6, 6.07) is 4.91. The molecule has 0 radical (unpaired) electrons. The first-order chi connectivity index (χ1) is 10.1. The molecule has 1 amide bonds. The Morgan fingerprint density at radius 1 is 1.29 bits per heavy atom. The summed E-state index contributed by atoms with van der Waals surface area (Å²) >= 11 is 0. The van der Waals surface area contributed by atoms with Gasteiger partial charge < -0.3 is 19.5 Å². The van der Waals surface area contributed by atoms with Gasteiger partial charge in [0.2, 0.25) is 5.91 Å². The van der Waals surface area contributed by atoms with E-state index in [2.05, 4.69) is 0 Å². The van der Waals surface area contributed by atoms with Crippen LogP contribution in [0.2, 0.25) is 0 Å². The van der Waals surface area contributed by atoms with Crippen molar-refractivity contribution in [3.63, 3.8) is 0 Å². The monoisotopic (exact) mass is 291 g/mol. The zero-order chi connectivity index (χ0) is 15.0. The number of benzene rings is 1. The van der Waals surface area contributed by atoms with Gasteiger partial charge in [0.25, 0.3) is 0 Å². The fourth-order valence-electron chi connectivity index (χ4n) is 2.91. The molecule has 1 N–H and O–H groups in total. The highest BCUT2D eigenvalue weighted by Gasteiger charge is 2.43. The molecule has 0 aromatic heterocycles. The number of carbonyl (C=O) groups is 2. The second kappa shape index (κ2) is 5.27. The van der Waals surface area contributed by atoms with Crippen LogP contribution in [0.25, 0.3) is 0 Å². The van der Waals surface area contributed by atoms with Gasteiger partial charge in [-0.15, -0.1) is 0 Å². The van der Waals surface area contributed by atoms with Crippen molar-refractivity contribution in [2.75, 3.05) is 20.3 Å². The molecule has 3 rings (SSSR count). The third kappa shape index (κ3) is 2.41. The predicted octanol–water partition coefficient (Wildman–Crippen LogP) is 1.45. The first-order valence-corrected chi connectivity index (χ1v) is 6.96. The maximum atomic E-state index is 11.8. The first kappa shape index (κ1) is 13.7. The van der Waals surface area contributed by atoms with E-state index in [1.54, 1.807) is 19.2 Å². The zero-order valence-corrected chi connectivity index (χ0v) is 11.7. The molecule has 2 heterocycles. The number of amides is 1. The summed E-state index contributed by atoms with van der Waals surface area (Å²) in [7, 11) is 1.64. The summed E-state index contributed by atoms with van der Waals surface area (Å²) < 4.78 is 11.2. The number of nitrogens with zero attached hydrogens (tertiary/aromatic N) is 1. The number of likely N-dealkylation sites (tertiary alicyclic amines) is 1. The van der Waals surface area contributed by atoms with E-state index in [1.165, 1.54) is 4.90 Å². The van der Waals surface area contributed by atoms with Crippen LogP contribution in [-0.2, 0) is 9.59 Å². The van der Waals surface area contributed by atoms with E-state index in [0.29, 0.717) is 24.7 Å². The number of carbonyl (C=O) groups excluding carboxylic acids is 1.